The number of nitrogens with one attached hydrogen (secondary N) is 4. The molecule has 3 aliphatic heterocycles. The summed E-state index contributed by atoms with van der Waals surface area (Å²) in [6, 6.07) is 11.5. The number of anilines is 3. The number of fused-ring (bicyclic) bond motifs is 2. The van der Waals surface area contributed by atoms with E-state index in [1.54, 1.807) is 21.5 Å². The quantitative estimate of drug-likeness (QED) is 0.129. The zero-order chi connectivity index (χ0) is 39.7. The summed E-state index contributed by atoms with van der Waals surface area (Å²) in [6.45, 7) is 9.40. The van der Waals surface area contributed by atoms with Crippen molar-refractivity contribution in [1.82, 2.24) is 34.6 Å². The third-order valence-corrected chi connectivity index (χ3v) is 11.3. The van der Waals surface area contributed by atoms with Gasteiger partial charge < -0.3 is 26.0 Å². The largest absolute Gasteiger partial charge is 0.394 e. The minimum Gasteiger partial charge on any atom is -0.394 e. The molecule has 3 aliphatic rings. The number of aromatic nitrogens is 3. The number of carbonyl (C=O) groups excluding carboxylic acids is 5. The number of hydrogen-bond donors (Lipinski definition) is 5. The average molecular weight is 830 g/mol. The second-order valence-electron chi connectivity index (χ2n) is 14.6. The molecule has 2 atom stereocenters. The maximum atomic E-state index is 13.3. The van der Waals surface area contributed by atoms with Crippen molar-refractivity contribution >= 4 is 68.6 Å². The molecule has 5 N–H and O–H groups in total. The predicted molar refractivity (Wildman–Crippen MR) is 212 cm³/mol. The van der Waals surface area contributed by atoms with E-state index in [1.165, 1.54) is 0 Å². The fourth-order valence-corrected chi connectivity index (χ4v) is 7.65. The summed E-state index contributed by atoms with van der Waals surface area (Å²) in [5.41, 5.74) is 4.72. The van der Waals surface area contributed by atoms with Gasteiger partial charge in [0.2, 0.25) is 11.8 Å². The molecule has 16 nitrogen and oxygen atoms in total. The number of urea groups is 1. The molecule has 0 saturated carbocycles. The Morgan fingerprint density at radius 2 is 1.73 bits per heavy atom. The van der Waals surface area contributed by atoms with Crippen LogP contribution in [-0.4, -0.2) is 109 Å². The van der Waals surface area contributed by atoms with Gasteiger partial charge in [0.15, 0.2) is 5.65 Å². The molecule has 0 spiro atoms. The van der Waals surface area contributed by atoms with E-state index in [1.807, 2.05) is 43.5 Å². The number of imide groups is 2. The van der Waals surface area contributed by atoms with Gasteiger partial charge in [0.25, 0.3) is 11.8 Å². The number of nitrogens with zero attached hydrogens (tertiary/aromatic N) is 6. The Kier molecular flexibility index (Phi) is 11.4. The lowest BCUT2D eigenvalue weighted by Gasteiger charge is -2.35. The number of piperidine rings is 1. The average Bonchev–Trinajstić information content (AvgIpc) is 3.72. The van der Waals surface area contributed by atoms with E-state index in [0.717, 1.165) is 39.5 Å². The summed E-state index contributed by atoms with van der Waals surface area (Å²) < 4.78 is 2.46. The Balaban J connectivity index is 0.923. The highest BCUT2D eigenvalue weighted by molar-refractivity contribution is 9.10. The molecule has 0 aliphatic carbocycles. The summed E-state index contributed by atoms with van der Waals surface area (Å²) in [4.78, 5) is 73.5. The first-order chi connectivity index (χ1) is 26.9. The van der Waals surface area contributed by atoms with E-state index in [0.29, 0.717) is 55.2 Å². The van der Waals surface area contributed by atoms with Crippen molar-refractivity contribution in [3.63, 3.8) is 0 Å². The van der Waals surface area contributed by atoms with Gasteiger partial charge in [-0.3, -0.25) is 34.3 Å². The molecule has 2 aromatic heterocycles. The van der Waals surface area contributed by atoms with Crippen LogP contribution < -0.4 is 21.3 Å². The van der Waals surface area contributed by atoms with Crippen LogP contribution in [0.5, 0.6) is 0 Å². The number of carbonyl (C=O) groups is 5. The smallest absolute Gasteiger partial charge is 0.321 e. The van der Waals surface area contributed by atoms with Crippen molar-refractivity contribution in [1.29, 1.82) is 0 Å². The van der Waals surface area contributed by atoms with Crippen LogP contribution in [0.1, 0.15) is 83.4 Å². The van der Waals surface area contributed by atoms with Gasteiger partial charge >= 0.3 is 6.03 Å². The first kappa shape index (κ1) is 38.9. The monoisotopic (exact) mass is 828 g/mol. The van der Waals surface area contributed by atoms with Gasteiger partial charge in [-0.05, 0) is 54.2 Å². The van der Waals surface area contributed by atoms with E-state index >= 15 is 0 Å². The number of piperazine rings is 1. The van der Waals surface area contributed by atoms with Gasteiger partial charge in [-0.25, -0.2) is 9.78 Å². The summed E-state index contributed by atoms with van der Waals surface area (Å²) in [7, 11) is 0. The highest BCUT2D eigenvalue weighted by Gasteiger charge is 2.45. The number of halogens is 1. The molecule has 0 bridgehead atoms. The van der Waals surface area contributed by atoms with Crippen molar-refractivity contribution in [2.24, 2.45) is 0 Å². The Morgan fingerprint density at radius 3 is 2.39 bits per heavy atom. The van der Waals surface area contributed by atoms with E-state index < -0.39 is 29.7 Å². The second kappa shape index (κ2) is 16.4. The SMILES string of the molecule is CC[C@@H](CO)Nc1cc(NCc2ccc(NC(=O)N3CCN(Cc4cc5c(cc4Br)C(=O)N(C4CCC(=O)NC4=O)C5=O)CC3)cc2)n2ncc(C(C)C)c2n1. The van der Waals surface area contributed by atoms with Gasteiger partial charge in [0.1, 0.15) is 17.7 Å². The van der Waals surface area contributed by atoms with E-state index in [-0.39, 0.29) is 48.6 Å². The van der Waals surface area contributed by atoms with Crippen LogP contribution in [0.3, 0.4) is 0 Å². The van der Waals surface area contributed by atoms with Crippen LogP contribution in [0.2, 0.25) is 0 Å². The maximum Gasteiger partial charge on any atom is 0.321 e. The first-order valence-electron chi connectivity index (χ1n) is 18.8. The molecule has 4 aromatic rings. The van der Waals surface area contributed by atoms with Crippen LogP contribution in [0.15, 0.2) is 53.1 Å². The molecule has 2 aromatic carbocycles. The maximum absolute atomic E-state index is 13.3. The molecule has 17 heteroatoms. The molecule has 2 saturated heterocycles. The summed E-state index contributed by atoms with van der Waals surface area (Å²) in [5.74, 6) is -0.506. The van der Waals surface area contributed by atoms with Crippen molar-refractivity contribution < 1.29 is 29.1 Å². The molecule has 5 heterocycles. The van der Waals surface area contributed by atoms with Crippen LogP contribution in [0.25, 0.3) is 5.65 Å². The van der Waals surface area contributed by atoms with E-state index in [9.17, 15) is 29.1 Å². The fraction of sp³-hybridized carbons (Fsp3) is 0.410. The first-order valence-corrected chi connectivity index (χ1v) is 19.6. The fourth-order valence-electron chi connectivity index (χ4n) is 7.18. The minimum atomic E-state index is -1.02. The van der Waals surface area contributed by atoms with Gasteiger partial charge in [0.05, 0.1) is 30.0 Å². The van der Waals surface area contributed by atoms with Crippen molar-refractivity contribution in [2.75, 3.05) is 48.7 Å². The predicted octanol–water partition coefficient (Wildman–Crippen LogP) is 4.16. The molecular weight excluding hydrogens is 784 g/mol. The zero-order valence-electron chi connectivity index (χ0n) is 31.5. The molecule has 1 unspecified atom stereocenters. The number of benzene rings is 2. The lowest BCUT2D eigenvalue weighted by molar-refractivity contribution is -0.136. The number of aliphatic hydroxyl groups excluding tert-OH is 1. The summed E-state index contributed by atoms with van der Waals surface area (Å²) in [6.07, 6.45) is 2.74. The normalized spacial score (nSPS) is 18.1. The minimum absolute atomic E-state index is 0.00149. The van der Waals surface area contributed by atoms with Gasteiger partial charge in [-0.15, -0.1) is 0 Å². The third kappa shape index (κ3) is 7.97. The molecule has 56 heavy (non-hydrogen) atoms. The molecule has 0 radical (unpaired) electrons. The van der Waals surface area contributed by atoms with Gasteiger partial charge in [-0.1, -0.05) is 48.8 Å². The van der Waals surface area contributed by atoms with Crippen LogP contribution in [-0.2, 0) is 22.7 Å². The number of amides is 6. The molecule has 6 amide bonds. The molecule has 294 valence electrons. The van der Waals surface area contributed by atoms with Crippen LogP contribution in [0.4, 0.5) is 22.1 Å². The zero-order valence-corrected chi connectivity index (χ0v) is 33.1. The third-order valence-electron chi connectivity index (χ3n) is 10.5. The van der Waals surface area contributed by atoms with E-state index in [2.05, 4.69) is 61.0 Å². The highest BCUT2D eigenvalue weighted by atomic mass is 79.9. The van der Waals surface area contributed by atoms with Gasteiger partial charge in [-0.2, -0.15) is 9.61 Å². The lowest BCUT2D eigenvalue weighted by Crippen LogP contribution is -2.54. The Labute approximate surface area is 332 Å². The Bertz CT molecular complexity index is 2180. The molecular formula is C39H45BrN10O6. The standard InChI is InChI=1S/C39H45BrN10O6/c1-4-25(21-51)43-32-17-33(50-35(45-32)29(19-42-50)22(2)3)41-18-23-5-7-26(8-6-23)44-39(56)48-13-11-47(12-14-48)20-24-15-27-28(16-30(24)40)38(55)49(37(27)54)31-9-10-34(52)46-36(31)53/h5-8,15-17,19,22,25,31,41,51H,4,9-14,18,20-21H2,1-3H3,(H,43,45)(H,44,56)(H,46,52,53)/t25-,31?/m0/s1. The van der Waals surface area contributed by atoms with Crippen LogP contribution in [0, 0.1) is 0 Å². The summed E-state index contributed by atoms with van der Waals surface area (Å²) in [5, 5.41) is 26.3. The van der Waals surface area contributed by atoms with Crippen LogP contribution >= 0.6 is 15.9 Å². The molecule has 2 fully saturated rings. The van der Waals surface area contributed by atoms with Crippen molar-refractivity contribution in [2.45, 2.75) is 71.1 Å². The van der Waals surface area contributed by atoms with Crippen molar-refractivity contribution in [3.8, 4) is 0 Å². The van der Waals surface area contributed by atoms with Gasteiger partial charge in [0, 0.05) is 67.5 Å². The number of hydrogen-bond acceptors (Lipinski definition) is 11. The molecule has 7 rings (SSSR count). The Hall–Kier alpha value is -5.39. The highest BCUT2D eigenvalue weighted by Crippen LogP contribution is 2.33. The number of aliphatic hydroxyl groups is 1. The summed E-state index contributed by atoms with van der Waals surface area (Å²) >= 11 is 3.56. The Morgan fingerprint density at radius 1 is 1.02 bits per heavy atom. The van der Waals surface area contributed by atoms with E-state index in [4.69, 9.17) is 4.98 Å². The number of rotatable bonds is 12. The van der Waals surface area contributed by atoms with Crippen molar-refractivity contribution in [3.05, 3.63) is 81.0 Å². The second-order valence-corrected chi connectivity index (χ2v) is 15.5. The topological polar surface area (TPSA) is 194 Å². The lowest BCUT2D eigenvalue weighted by atomic mass is 10.0.